The van der Waals surface area contributed by atoms with Crippen LogP contribution >= 0.6 is 11.3 Å². The van der Waals surface area contributed by atoms with Gasteiger partial charge in [0.1, 0.15) is 5.01 Å². The Bertz CT molecular complexity index is 745. The molecule has 0 N–H and O–H groups in total. The van der Waals surface area contributed by atoms with E-state index in [0.29, 0.717) is 36.9 Å². The van der Waals surface area contributed by atoms with Gasteiger partial charge in [0.25, 0.3) is 5.91 Å². The number of methoxy groups -OCH3 is 1. The van der Waals surface area contributed by atoms with E-state index in [0.717, 1.165) is 12.0 Å². The first-order valence-corrected chi connectivity index (χ1v) is 9.40. The molecule has 0 saturated heterocycles. The zero-order valence-electron chi connectivity index (χ0n) is 15.4. The molecule has 0 unspecified atom stereocenters. The van der Waals surface area contributed by atoms with Gasteiger partial charge >= 0.3 is 5.97 Å². The zero-order chi connectivity index (χ0) is 18.9. The first-order chi connectivity index (χ1) is 12.6. The van der Waals surface area contributed by atoms with Gasteiger partial charge in [-0.3, -0.25) is 4.79 Å². The second-order valence-electron chi connectivity index (χ2n) is 5.71. The largest absolute Gasteiger partial charge is 0.464 e. The van der Waals surface area contributed by atoms with Crippen molar-refractivity contribution in [2.24, 2.45) is 0 Å². The standard InChI is InChI=1S/C19H24N2O4S/c1-4-25-11-7-10-21(18(22)15-9-6-5-8-14(15)2)12-17-20-16(13-26-17)19(23)24-3/h5-6,8-9,13H,4,7,10-12H2,1-3H3. The number of aryl methyl sites for hydroxylation is 1. The molecule has 0 aliphatic rings. The fraction of sp³-hybridized carbons (Fsp3) is 0.421. The van der Waals surface area contributed by atoms with Crippen molar-refractivity contribution in [2.75, 3.05) is 26.9 Å². The van der Waals surface area contributed by atoms with Gasteiger partial charge in [-0.25, -0.2) is 9.78 Å². The molecule has 2 rings (SSSR count). The number of rotatable bonds is 9. The van der Waals surface area contributed by atoms with Crippen molar-refractivity contribution in [3.63, 3.8) is 0 Å². The van der Waals surface area contributed by atoms with Crippen molar-refractivity contribution >= 4 is 23.2 Å². The number of amides is 1. The van der Waals surface area contributed by atoms with Gasteiger partial charge in [-0.15, -0.1) is 11.3 Å². The van der Waals surface area contributed by atoms with Gasteiger partial charge < -0.3 is 14.4 Å². The highest BCUT2D eigenvalue weighted by Gasteiger charge is 2.20. The van der Waals surface area contributed by atoms with Crippen LogP contribution < -0.4 is 0 Å². The molecule has 0 atom stereocenters. The van der Waals surface area contributed by atoms with Crippen LogP contribution in [0.3, 0.4) is 0 Å². The third-order valence-corrected chi connectivity index (χ3v) is 4.69. The number of carbonyl (C=O) groups is 2. The van der Waals surface area contributed by atoms with Gasteiger partial charge in [-0.1, -0.05) is 18.2 Å². The van der Waals surface area contributed by atoms with Crippen molar-refractivity contribution in [3.05, 3.63) is 51.5 Å². The number of ether oxygens (including phenoxy) is 2. The Balaban J connectivity index is 2.15. The Morgan fingerprint density at radius 3 is 2.73 bits per heavy atom. The summed E-state index contributed by atoms with van der Waals surface area (Å²) in [5, 5.41) is 2.35. The molecule has 1 aromatic heterocycles. The second kappa shape index (κ2) is 10.0. The van der Waals surface area contributed by atoms with Crippen molar-refractivity contribution in [1.82, 2.24) is 9.88 Å². The topological polar surface area (TPSA) is 68.7 Å². The molecule has 0 aliphatic heterocycles. The van der Waals surface area contributed by atoms with E-state index in [-0.39, 0.29) is 11.6 Å². The Hall–Kier alpha value is -2.25. The maximum Gasteiger partial charge on any atom is 0.357 e. The minimum Gasteiger partial charge on any atom is -0.464 e. The lowest BCUT2D eigenvalue weighted by molar-refractivity contribution is 0.0594. The first-order valence-electron chi connectivity index (χ1n) is 8.52. The normalized spacial score (nSPS) is 10.6. The van der Waals surface area contributed by atoms with E-state index in [1.54, 1.807) is 10.3 Å². The molecule has 0 aliphatic carbocycles. The van der Waals surface area contributed by atoms with E-state index in [1.807, 2.05) is 38.1 Å². The molecular weight excluding hydrogens is 352 g/mol. The van der Waals surface area contributed by atoms with Crippen molar-refractivity contribution in [1.29, 1.82) is 0 Å². The van der Waals surface area contributed by atoms with Crippen LogP contribution in [0.25, 0.3) is 0 Å². The molecule has 140 valence electrons. The van der Waals surface area contributed by atoms with Gasteiger partial charge in [-0.2, -0.15) is 0 Å². The maximum atomic E-state index is 13.0. The molecule has 1 heterocycles. The van der Waals surface area contributed by atoms with Crippen LogP contribution in [-0.2, 0) is 16.0 Å². The summed E-state index contributed by atoms with van der Waals surface area (Å²) in [4.78, 5) is 30.6. The summed E-state index contributed by atoms with van der Waals surface area (Å²) < 4.78 is 10.1. The summed E-state index contributed by atoms with van der Waals surface area (Å²) in [5.74, 6) is -0.518. The Morgan fingerprint density at radius 2 is 2.04 bits per heavy atom. The fourth-order valence-corrected chi connectivity index (χ4v) is 3.26. The smallest absolute Gasteiger partial charge is 0.357 e. The number of aromatic nitrogens is 1. The first kappa shape index (κ1) is 20.1. The van der Waals surface area contributed by atoms with Crippen LogP contribution in [0, 0.1) is 6.92 Å². The maximum absolute atomic E-state index is 13.0. The molecule has 0 fully saturated rings. The zero-order valence-corrected chi connectivity index (χ0v) is 16.2. The number of esters is 1. The number of hydrogen-bond acceptors (Lipinski definition) is 6. The van der Waals surface area contributed by atoms with E-state index in [2.05, 4.69) is 9.72 Å². The lowest BCUT2D eigenvalue weighted by atomic mass is 10.1. The quantitative estimate of drug-likeness (QED) is 0.496. The minimum atomic E-state index is -0.472. The third-order valence-electron chi connectivity index (χ3n) is 3.86. The molecule has 26 heavy (non-hydrogen) atoms. The molecular formula is C19H24N2O4S. The molecule has 6 nitrogen and oxygen atoms in total. The molecule has 1 aromatic carbocycles. The number of thiazole rings is 1. The van der Waals surface area contributed by atoms with Crippen LogP contribution in [0.1, 0.15) is 44.8 Å². The summed E-state index contributed by atoms with van der Waals surface area (Å²) in [6.07, 6.45) is 0.737. The van der Waals surface area contributed by atoms with Gasteiger partial charge in [0, 0.05) is 30.7 Å². The third kappa shape index (κ3) is 5.37. The predicted molar refractivity (Wildman–Crippen MR) is 100 cm³/mol. The molecule has 0 bridgehead atoms. The highest BCUT2D eigenvalue weighted by Crippen LogP contribution is 2.17. The van der Waals surface area contributed by atoms with Crippen LogP contribution in [0.4, 0.5) is 0 Å². The molecule has 0 saturated carbocycles. The lowest BCUT2D eigenvalue weighted by Gasteiger charge is -2.22. The highest BCUT2D eigenvalue weighted by atomic mass is 32.1. The second-order valence-corrected chi connectivity index (χ2v) is 6.65. The molecule has 0 radical (unpaired) electrons. The molecule has 0 spiro atoms. The van der Waals surface area contributed by atoms with E-state index in [9.17, 15) is 9.59 Å². The highest BCUT2D eigenvalue weighted by molar-refractivity contribution is 7.09. The predicted octanol–water partition coefficient (Wildman–Crippen LogP) is 3.31. The summed E-state index contributed by atoms with van der Waals surface area (Å²) >= 11 is 1.35. The van der Waals surface area contributed by atoms with Crippen LogP contribution in [0.15, 0.2) is 29.6 Å². The van der Waals surface area contributed by atoms with E-state index >= 15 is 0 Å². The number of hydrogen-bond donors (Lipinski definition) is 0. The fourth-order valence-electron chi connectivity index (χ4n) is 2.48. The Kier molecular flexibility index (Phi) is 7.74. The van der Waals surface area contributed by atoms with E-state index in [1.165, 1.54) is 18.4 Å². The molecule has 2 aromatic rings. The van der Waals surface area contributed by atoms with Crippen molar-refractivity contribution in [3.8, 4) is 0 Å². The van der Waals surface area contributed by atoms with Gasteiger partial charge in [0.15, 0.2) is 5.69 Å². The SMILES string of the molecule is CCOCCCN(Cc1nc(C(=O)OC)cs1)C(=O)c1ccccc1C. The minimum absolute atomic E-state index is 0.0468. The number of benzene rings is 1. The average molecular weight is 376 g/mol. The van der Waals surface area contributed by atoms with Crippen LogP contribution in [0.2, 0.25) is 0 Å². The number of nitrogens with zero attached hydrogens (tertiary/aromatic N) is 2. The average Bonchev–Trinajstić information content (AvgIpc) is 3.12. The van der Waals surface area contributed by atoms with Crippen molar-refractivity contribution < 1.29 is 19.1 Å². The Labute approximate surface area is 157 Å². The van der Waals surface area contributed by atoms with E-state index < -0.39 is 5.97 Å². The van der Waals surface area contributed by atoms with Gasteiger partial charge in [0.2, 0.25) is 0 Å². The Morgan fingerprint density at radius 1 is 1.27 bits per heavy atom. The van der Waals surface area contributed by atoms with Crippen LogP contribution in [-0.4, -0.2) is 48.6 Å². The number of carbonyl (C=O) groups excluding carboxylic acids is 2. The summed E-state index contributed by atoms with van der Waals surface area (Å²) in [5.41, 5.74) is 1.88. The summed E-state index contributed by atoms with van der Waals surface area (Å²) in [6, 6.07) is 7.52. The summed E-state index contributed by atoms with van der Waals surface area (Å²) in [7, 11) is 1.32. The van der Waals surface area contributed by atoms with Crippen molar-refractivity contribution in [2.45, 2.75) is 26.8 Å². The molecule has 1 amide bonds. The van der Waals surface area contributed by atoms with E-state index in [4.69, 9.17) is 4.74 Å². The lowest BCUT2D eigenvalue weighted by Crippen LogP contribution is -2.32. The van der Waals surface area contributed by atoms with Gasteiger partial charge in [0.05, 0.1) is 13.7 Å². The van der Waals surface area contributed by atoms with Gasteiger partial charge in [-0.05, 0) is 31.9 Å². The summed E-state index contributed by atoms with van der Waals surface area (Å²) in [6.45, 7) is 6.02. The van der Waals surface area contributed by atoms with Crippen LogP contribution in [0.5, 0.6) is 0 Å². The monoisotopic (exact) mass is 376 g/mol. The molecule has 7 heteroatoms.